The third-order valence-electron chi connectivity index (χ3n) is 1.93. The van der Waals surface area contributed by atoms with E-state index in [1.807, 2.05) is 19.1 Å². The molecule has 0 amide bonds. The first-order valence-electron chi connectivity index (χ1n) is 4.39. The zero-order chi connectivity index (χ0) is 10.7. The Morgan fingerprint density at radius 1 is 1.47 bits per heavy atom. The maximum absolute atomic E-state index is 5.34. The van der Waals surface area contributed by atoms with Gasteiger partial charge in [-0.25, -0.2) is 9.97 Å². The Balaban J connectivity index is 2.02. The van der Waals surface area contributed by atoms with Crippen molar-refractivity contribution in [3.63, 3.8) is 0 Å². The fraction of sp³-hybridized carbons (Fsp3) is 0.200. The molecular weight excluding hydrogens is 276 g/mol. The molecule has 0 spiro atoms. The van der Waals surface area contributed by atoms with E-state index >= 15 is 0 Å². The van der Waals surface area contributed by atoms with Crippen molar-refractivity contribution in [3.05, 3.63) is 40.7 Å². The zero-order valence-electron chi connectivity index (χ0n) is 8.11. The summed E-state index contributed by atoms with van der Waals surface area (Å²) in [6.07, 6.45) is 3.25. The summed E-state index contributed by atoms with van der Waals surface area (Å²) < 4.78 is 6.14. The average Bonchev–Trinajstić information content (AvgIpc) is 2.61. The molecule has 0 bridgehead atoms. The second-order valence-electron chi connectivity index (χ2n) is 2.99. The van der Waals surface area contributed by atoms with E-state index < -0.39 is 0 Å². The second kappa shape index (κ2) is 4.81. The minimum Gasteiger partial charge on any atom is -0.468 e. The van der Waals surface area contributed by atoms with Crippen LogP contribution in [0, 0.1) is 6.92 Å². The van der Waals surface area contributed by atoms with Crippen molar-refractivity contribution in [2.75, 3.05) is 0 Å². The van der Waals surface area contributed by atoms with Gasteiger partial charge in [-0.3, -0.25) is 0 Å². The van der Waals surface area contributed by atoms with Crippen molar-refractivity contribution in [1.82, 2.24) is 9.97 Å². The number of halogens is 1. The monoisotopic (exact) mass is 284 g/mol. The van der Waals surface area contributed by atoms with Crippen molar-refractivity contribution >= 4 is 27.7 Å². The molecule has 0 radical (unpaired) electrons. The molecule has 3 nitrogen and oxygen atoms in total. The lowest BCUT2D eigenvalue weighted by molar-refractivity contribution is 0.528. The lowest BCUT2D eigenvalue weighted by Crippen LogP contribution is -1.85. The predicted molar refractivity (Wildman–Crippen MR) is 62.7 cm³/mol. The quantitative estimate of drug-likeness (QED) is 0.639. The van der Waals surface area contributed by atoms with Gasteiger partial charge in [0.05, 0.1) is 12.0 Å². The molecule has 0 N–H and O–H groups in total. The highest BCUT2D eigenvalue weighted by Gasteiger charge is 2.04. The molecule has 0 fully saturated rings. The molecule has 2 aromatic rings. The van der Waals surface area contributed by atoms with Crippen molar-refractivity contribution in [2.45, 2.75) is 17.7 Å². The van der Waals surface area contributed by atoms with Crippen LogP contribution in [-0.2, 0) is 5.75 Å². The number of rotatable bonds is 3. The van der Waals surface area contributed by atoms with E-state index in [1.165, 1.54) is 5.56 Å². The lowest BCUT2D eigenvalue weighted by Gasteiger charge is -1.99. The van der Waals surface area contributed by atoms with Gasteiger partial charge in [-0.05, 0) is 34.5 Å². The minimum atomic E-state index is 0.794. The predicted octanol–water partition coefficient (Wildman–Crippen LogP) is 3.43. The highest BCUT2D eigenvalue weighted by molar-refractivity contribution is 9.10. The van der Waals surface area contributed by atoms with Crippen molar-refractivity contribution < 1.29 is 4.42 Å². The second-order valence-corrected chi connectivity index (χ2v) is 4.80. The summed E-state index contributed by atoms with van der Waals surface area (Å²) in [4.78, 5) is 8.12. The fourth-order valence-corrected chi connectivity index (χ4v) is 2.44. The largest absolute Gasteiger partial charge is 0.468 e. The molecule has 5 heteroatoms. The van der Waals surface area contributed by atoms with Crippen LogP contribution in [0.2, 0.25) is 0 Å². The molecule has 0 aliphatic carbocycles. The summed E-state index contributed by atoms with van der Waals surface area (Å²) in [5, 5.41) is 0.938. The Labute approximate surface area is 100 Å². The highest BCUT2D eigenvalue weighted by atomic mass is 79.9. The molecule has 2 heterocycles. The van der Waals surface area contributed by atoms with Crippen LogP contribution in [0.3, 0.4) is 0 Å². The Morgan fingerprint density at radius 2 is 2.33 bits per heavy atom. The molecule has 78 valence electrons. The molecule has 2 aromatic heterocycles. The first-order chi connectivity index (χ1) is 7.25. The Bertz CT molecular complexity index is 458. The molecule has 0 atom stereocenters. The van der Waals surface area contributed by atoms with Gasteiger partial charge in [-0.1, -0.05) is 11.8 Å². The summed E-state index contributed by atoms with van der Waals surface area (Å²) in [7, 11) is 0. The molecule has 0 aromatic carbocycles. The topological polar surface area (TPSA) is 38.9 Å². The van der Waals surface area contributed by atoms with Gasteiger partial charge in [-0.2, -0.15) is 0 Å². The summed E-state index contributed by atoms with van der Waals surface area (Å²) >= 11 is 4.94. The first-order valence-corrected chi connectivity index (χ1v) is 6.17. The van der Waals surface area contributed by atoms with Crippen LogP contribution in [-0.4, -0.2) is 9.97 Å². The van der Waals surface area contributed by atoms with E-state index in [1.54, 1.807) is 24.4 Å². The van der Waals surface area contributed by atoms with Gasteiger partial charge in [0.15, 0.2) is 0 Å². The first kappa shape index (κ1) is 10.7. The van der Waals surface area contributed by atoms with Crippen LogP contribution in [0.4, 0.5) is 0 Å². The van der Waals surface area contributed by atoms with Crippen molar-refractivity contribution in [2.24, 2.45) is 0 Å². The van der Waals surface area contributed by atoms with Crippen LogP contribution in [0.15, 0.2) is 38.8 Å². The number of nitrogens with zero attached hydrogens (tertiary/aromatic N) is 2. The zero-order valence-corrected chi connectivity index (χ0v) is 10.5. The van der Waals surface area contributed by atoms with E-state index in [0.717, 1.165) is 21.1 Å². The average molecular weight is 285 g/mol. The third kappa shape index (κ3) is 2.82. The Hall–Kier alpha value is -0.810. The van der Waals surface area contributed by atoms with E-state index in [4.69, 9.17) is 4.42 Å². The molecule has 0 saturated carbocycles. The highest BCUT2D eigenvalue weighted by Crippen LogP contribution is 2.24. The maximum atomic E-state index is 5.34. The normalized spacial score (nSPS) is 10.5. The summed E-state index contributed by atoms with van der Waals surface area (Å²) in [5.74, 6) is 1.79. The van der Waals surface area contributed by atoms with Crippen LogP contribution in [0.25, 0.3) is 0 Å². The lowest BCUT2D eigenvalue weighted by atomic mass is 10.3. The number of aryl methyl sites for hydroxylation is 1. The molecular formula is C10H9BrN2OS. The van der Waals surface area contributed by atoms with Gasteiger partial charge in [0, 0.05) is 6.07 Å². The molecule has 0 unspecified atom stereocenters. The van der Waals surface area contributed by atoms with Crippen molar-refractivity contribution in [3.8, 4) is 0 Å². The minimum absolute atomic E-state index is 0.794. The summed E-state index contributed by atoms with van der Waals surface area (Å²) in [6, 6.07) is 3.86. The SMILES string of the molecule is Cc1ccoc1CSc1cc(Br)ncn1. The molecule has 0 aliphatic rings. The number of hydrogen-bond acceptors (Lipinski definition) is 4. The Morgan fingerprint density at radius 3 is 3.00 bits per heavy atom. The van der Waals surface area contributed by atoms with E-state index in [0.29, 0.717) is 0 Å². The van der Waals surface area contributed by atoms with Crippen molar-refractivity contribution in [1.29, 1.82) is 0 Å². The standard InChI is InChI=1S/C10H9BrN2OS/c1-7-2-3-14-8(7)5-15-10-4-9(11)12-6-13-10/h2-4,6H,5H2,1H3. The van der Waals surface area contributed by atoms with E-state index in [9.17, 15) is 0 Å². The van der Waals surface area contributed by atoms with Gasteiger partial charge in [0.25, 0.3) is 0 Å². The Kier molecular flexibility index (Phi) is 3.43. The molecule has 2 rings (SSSR count). The van der Waals surface area contributed by atoms with Gasteiger partial charge in [0.1, 0.15) is 21.7 Å². The van der Waals surface area contributed by atoms with Crippen LogP contribution in [0.1, 0.15) is 11.3 Å². The fourth-order valence-electron chi connectivity index (χ4n) is 1.09. The van der Waals surface area contributed by atoms with E-state index in [2.05, 4.69) is 25.9 Å². The summed E-state index contributed by atoms with van der Waals surface area (Å²) in [6.45, 7) is 2.04. The van der Waals surface area contributed by atoms with E-state index in [-0.39, 0.29) is 0 Å². The van der Waals surface area contributed by atoms with Crippen LogP contribution in [0.5, 0.6) is 0 Å². The third-order valence-corrected chi connectivity index (χ3v) is 3.29. The number of thioether (sulfide) groups is 1. The van der Waals surface area contributed by atoms with Gasteiger partial charge in [-0.15, -0.1) is 0 Å². The molecule has 0 saturated heterocycles. The number of furan rings is 1. The summed E-state index contributed by atoms with van der Waals surface area (Å²) in [5.41, 5.74) is 1.18. The van der Waals surface area contributed by atoms with Gasteiger partial charge < -0.3 is 4.42 Å². The maximum Gasteiger partial charge on any atom is 0.118 e. The van der Waals surface area contributed by atoms with Crippen LogP contribution >= 0.6 is 27.7 Å². The molecule has 0 aliphatic heterocycles. The molecule has 15 heavy (non-hydrogen) atoms. The van der Waals surface area contributed by atoms with Crippen LogP contribution < -0.4 is 0 Å². The number of hydrogen-bond donors (Lipinski definition) is 0. The van der Waals surface area contributed by atoms with Gasteiger partial charge in [0.2, 0.25) is 0 Å². The smallest absolute Gasteiger partial charge is 0.118 e. The van der Waals surface area contributed by atoms with Gasteiger partial charge >= 0.3 is 0 Å². The number of aromatic nitrogens is 2.